The molecule has 0 aliphatic heterocycles. The van der Waals surface area contributed by atoms with E-state index < -0.39 is 5.25 Å². The van der Waals surface area contributed by atoms with Gasteiger partial charge in [0, 0.05) is 11.3 Å². The van der Waals surface area contributed by atoms with Gasteiger partial charge in [0.2, 0.25) is 11.7 Å². The molecular formula is C29H31N5O4S. The predicted octanol–water partition coefficient (Wildman–Crippen LogP) is 5.73. The number of nitrogen functional groups attached to an aromatic ring is 1. The molecule has 1 heterocycles. The summed E-state index contributed by atoms with van der Waals surface area (Å²) in [7, 11) is 4.43. The number of anilines is 2. The van der Waals surface area contributed by atoms with E-state index in [2.05, 4.69) is 36.3 Å². The molecule has 3 aromatic rings. The molecule has 0 saturated heterocycles. The molecule has 9 nitrogen and oxygen atoms in total. The van der Waals surface area contributed by atoms with Gasteiger partial charge in [-0.05, 0) is 47.7 Å². The number of benzene rings is 2. The Labute approximate surface area is 232 Å². The molecule has 0 bridgehead atoms. The fraction of sp³-hybridized carbons (Fsp3) is 0.310. The van der Waals surface area contributed by atoms with Crippen molar-refractivity contribution in [1.29, 1.82) is 10.5 Å². The Morgan fingerprint density at radius 1 is 1.03 bits per heavy atom. The average Bonchev–Trinajstić information content (AvgIpc) is 2.94. The number of nitrogens with two attached hydrogens (primary N) is 1. The molecule has 1 aromatic heterocycles. The van der Waals surface area contributed by atoms with Gasteiger partial charge in [0.25, 0.3) is 0 Å². The average molecular weight is 546 g/mol. The zero-order chi connectivity index (χ0) is 28.7. The summed E-state index contributed by atoms with van der Waals surface area (Å²) in [6, 6.07) is 15.2. The minimum absolute atomic E-state index is 0.0351. The molecule has 1 unspecified atom stereocenters. The summed E-state index contributed by atoms with van der Waals surface area (Å²) in [6.07, 6.45) is 0.465. The Bertz CT molecular complexity index is 1420. The zero-order valence-electron chi connectivity index (χ0n) is 22.8. The van der Waals surface area contributed by atoms with Crippen LogP contribution in [-0.2, 0) is 4.79 Å². The van der Waals surface area contributed by atoms with E-state index in [-0.39, 0.29) is 33.4 Å². The van der Waals surface area contributed by atoms with Gasteiger partial charge >= 0.3 is 0 Å². The van der Waals surface area contributed by atoms with Crippen LogP contribution in [0.15, 0.2) is 41.4 Å². The molecule has 39 heavy (non-hydrogen) atoms. The maximum Gasteiger partial charge on any atom is 0.237 e. The molecule has 0 fully saturated rings. The number of hydrogen-bond acceptors (Lipinski definition) is 9. The maximum absolute atomic E-state index is 13.2. The lowest BCUT2D eigenvalue weighted by molar-refractivity contribution is -0.115. The first-order valence-electron chi connectivity index (χ1n) is 12.2. The van der Waals surface area contributed by atoms with Crippen LogP contribution in [0.1, 0.15) is 49.8 Å². The van der Waals surface area contributed by atoms with Crippen LogP contribution in [0.5, 0.6) is 17.2 Å². The predicted molar refractivity (Wildman–Crippen MR) is 152 cm³/mol. The molecule has 3 rings (SSSR count). The van der Waals surface area contributed by atoms with Crippen molar-refractivity contribution in [2.45, 2.75) is 43.4 Å². The number of nitrogens with zero attached hydrogens (tertiary/aromatic N) is 3. The number of carbonyl (C=O) groups is 1. The monoisotopic (exact) mass is 545 g/mol. The first-order valence-corrected chi connectivity index (χ1v) is 13.1. The Morgan fingerprint density at radius 2 is 1.62 bits per heavy atom. The molecule has 3 N–H and O–H groups in total. The van der Waals surface area contributed by atoms with Crippen molar-refractivity contribution in [2.24, 2.45) is 0 Å². The number of nitriles is 2. The van der Waals surface area contributed by atoms with E-state index in [0.29, 0.717) is 40.8 Å². The van der Waals surface area contributed by atoms with Crippen molar-refractivity contribution in [2.75, 3.05) is 32.4 Å². The molecule has 0 aliphatic carbocycles. The second-order valence-corrected chi connectivity index (χ2v) is 10.0. The van der Waals surface area contributed by atoms with Gasteiger partial charge in [0.05, 0.1) is 32.1 Å². The fourth-order valence-electron chi connectivity index (χ4n) is 4.03. The van der Waals surface area contributed by atoms with E-state index >= 15 is 0 Å². The lowest BCUT2D eigenvalue weighted by Gasteiger charge is -2.19. The van der Waals surface area contributed by atoms with Gasteiger partial charge in [-0.3, -0.25) is 4.79 Å². The summed E-state index contributed by atoms with van der Waals surface area (Å²) in [5, 5.41) is 22.7. The third kappa shape index (κ3) is 6.19. The van der Waals surface area contributed by atoms with Crippen molar-refractivity contribution >= 4 is 29.2 Å². The number of aromatic nitrogens is 1. The quantitative estimate of drug-likeness (QED) is 0.305. The van der Waals surface area contributed by atoms with Gasteiger partial charge in [0.1, 0.15) is 28.5 Å². The van der Waals surface area contributed by atoms with Gasteiger partial charge in [-0.25, -0.2) is 4.98 Å². The maximum atomic E-state index is 13.2. The first-order chi connectivity index (χ1) is 18.7. The van der Waals surface area contributed by atoms with E-state index in [1.807, 2.05) is 31.2 Å². The Hall–Kier alpha value is -4.41. The van der Waals surface area contributed by atoms with Gasteiger partial charge in [0.15, 0.2) is 11.5 Å². The van der Waals surface area contributed by atoms with Crippen LogP contribution in [0.4, 0.5) is 11.5 Å². The number of nitrogens with one attached hydrogen (secondary N) is 1. The highest BCUT2D eigenvalue weighted by molar-refractivity contribution is 8.00. The number of thioether (sulfide) groups is 1. The Kier molecular flexibility index (Phi) is 9.64. The number of hydrogen-bond donors (Lipinski definition) is 2. The van der Waals surface area contributed by atoms with Crippen molar-refractivity contribution < 1.29 is 19.0 Å². The lowest BCUT2D eigenvalue weighted by Crippen LogP contribution is -2.25. The van der Waals surface area contributed by atoms with Crippen molar-refractivity contribution in [3.05, 3.63) is 53.1 Å². The molecule has 1 atom stereocenters. The molecule has 0 radical (unpaired) electrons. The lowest BCUT2D eigenvalue weighted by atomic mass is 9.96. The van der Waals surface area contributed by atoms with E-state index in [1.165, 1.54) is 26.9 Å². The van der Waals surface area contributed by atoms with Crippen LogP contribution >= 0.6 is 11.8 Å². The number of ether oxygens (including phenoxy) is 3. The topological polar surface area (TPSA) is 143 Å². The van der Waals surface area contributed by atoms with E-state index in [1.54, 1.807) is 12.1 Å². The molecule has 0 aliphatic rings. The summed E-state index contributed by atoms with van der Waals surface area (Å²) < 4.78 is 16.3. The number of carbonyl (C=O) groups excluding carboxylic acids is 1. The summed E-state index contributed by atoms with van der Waals surface area (Å²) in [6.45, 7) is 6.08. The molecule has 2 aromatic carbocycles. The molecule has 1 amide bonds. The summed E-state index contributed by atoms with van der Waals surface area (Å²) in [4.78, 5) is 17.6. The molecule has 0 spiro atoms. The number of amides is 1. The zero-order valence-corrected chi connectivity index (χ0v) is 23.6. The fourth-order valence-corrected chi connectivity index (χ4v) is 5.05. The Balaban J connectivity index is 2.07. The highest BCUT2D eigenvalue weighted by Crippen LogP contribution is 2.44. The van der Waals surface area contributed by atoms with Crippen molar-refractivity contribution in [3.63, 3.8) is 0 Å². The van der Waals surface area contributed by atoms with E-state index in [0.717, 1.165) is 11.8 Å². The van der Waals surface area contributed by atoms with Crippen LogP contribution in [0.25, 0.3) is 11.1 Å². The first kappa shape index (κ1) is 29.2. The third-order valence-electron chi connectivity index (χ3n) is 6.13. The summed E-state index contributed by atoms with van der Waals surface area (Å²) in [5.41, 5.74) is 8.93. The van der Waals surface area contributed by atoms with Gasteiger partial charge < -0.3 is 25.3 Å². The van der Waals surface area contributed by atoms with Gasteiger partial charge in [-0.15, -0.1) is 0 Å². The van der Waals surface area contributed by atoms with Crippen molar-refractivity contribution in [1.82, 2.24) is 4.98 Å². The number of methoxy groups -OCH3 is 3. The van der Waals surface area contributed by atoms with Crippen LogP contribution in [0, 0.1) is 22.7 Å². The molecular weight excluding hydrogens is 514 g/mol. The largest absolute Gasteiger partial charge is 0.493 e. The SMILES string of the molecule is CCC(Sc1nc(N)c(C#N)c(-c2cc(OC)c(OC)c(OC)c2)c1C#N)C(=O)Nc1ccc(C(C)C)cc1. The minimum atomic E-state index is -0.575. The number of rotatable bonds is 10. The minimum Gasteiger partial charge on any atom is -0.493 e. The van der Waals surface area contributed by atoms with Gasteiger partial charge in [-0.2, -0.15) is 10.5 Å². The third-order valence-corrected chi connectivity index (χ3v) is 7.48. The normalized spacial score (nSPS) is 11.3. The van der Waals surface area contributed by atoms with Crippen LogP contribution in [-0.4, -0.2) is 37.5 Å². The van der Waals surface area contributed by atoms with Crippen LogP contribution < -0.4 is 25.3 Å². The summed E-state index contributed by atoms with van der Waals surface area (Å²) in [5.74, 6) is 1.15. The van der Waals surface area contributed by atoms with Gasteiger partial charge in [-0.1, -0.05) is 44.7 Å². The highest BCUT2D eigenvalue weighted by atomic mass is 32.2. The smallest absolute Gasteiger partial charge is 0.237 e. The molecule has 10 heteroatoms. The van der Waals surface area contributed by atoms with E-state index in [9.17, 15) is 15.3 Å². The van der Waals surface area contributed by atoms with Crippen LogP contribution in [0.3, 0.4) is 0 Å². The summed E-state index contributed by atoms with van der Waals surface area (Å²) >= 11 is 1.12. The number of pyridine rings is 1. The standard InChI is InChI=1S/C29H31N5O4S/c1-7-24(28(35)33-19-10-8-17(9-11-19)16(2)3)39-29-21(15-31)25(20(14-30)27(32)34-29)18-12-22(36-4)26(38-6)23(13-18)37-5/h8-13,16,24H,7H2,1-6H3,(H2,32,34)(H,33,35). The van der Waals surface area contributed by atoms with Crippen LogP contribution in [0.2, 0.25) is 0 Å². The van der Waals surface area contributed by atoms with Crippen molar-refractivity contribution in [3.8, 4) is 40.5 Å². The second-order valence-electron chi connectivity index (χ2n) is 8.85. The molecule has 202 valence electrons. The molecule has 0 saturated carbocycles. The Morgan fingerprint density at radius 3 is 2.08 bits per heavy atom. The van der Waals surface area contributed by atoms with E-state index in [4.69, 9.17) is 19.9 Å². The second kappa shape index (κ2) is 12.9. The highest BCUT2D eigenvalue weighted by Gasteiger charge is 2.27.